The fourth-order valence-electron chi connectivity index (χ4n) is 2.57. The maximum Gasteiger partial charge on any atom is 0.425 e. The van der Waals surface area contributed by atoms with Gasteiger partial charge in [-0.2, -0.15) is 31.3 Å². The molecule has 3 rings (SSSR count). The summed E-state index contributed by atoms with van der Waals surface area (Å²) in [6.07, 6.45) is -11.0. The molecule has 0 saturated carbocycles. The molecule has 6 nitrogen and oxygen atoms in total. The number of benzene rings is 2. The first-order chi connectivity index (χ1) is 14.4. The Morgan fingerprint density at radius 1 is 1.06 bits per heavy atom. The normalized spacial score (nSPS) is 13.1. The van der Waals surface area contributed by atoms with Crippen LogP contribution in [-0.2, 0) is 6.18 Å². The SMILES string of the molecule is CC(Oc1ccc(-c2nc(-c3ccc(C=[NH2+])c(N)c3)no2)cc1C(F)(F)F)C(F)(F)F. The van der Waals surface area contributed by atoms with Crippen molar-refractivity contribution in [1.82, 2.24) is 10.1 Å². The molecule has 0 bridgehead atoms. The molecule has 0 amide bonds. The molecule has 1 heterocycles. The van der Waals surface area contributed by atoms with Crippen LogP contribution >= 0.6 is 0 Å². The van der Waals surface area contributed by atoms with E-state index in [0.29, 0.717) is 29.8 Å². The lowest BCUT2D eigenvalue weighted by atomic mass is 10.1. The first-order valence-electron chi connectivity index (χ1n) is 8.63. The summed E-state index contributed by atoms with van der Waals surface area (Å²) in [6, 6.07) is 7.12. The minimum atomic E-state index is -4.98. The van der Waals surface area contributed by atoms with Gasteiger partial charge < -0.3 is 15.0 Å². The molecule has 0 spiro atoms. The van der Waals surface area contributed by atoms with E-state index in [0.717, 1.165) is 12.1 Å². The molecule has 1 aromatic heterocycles. The van der Waals surface area contributed by atoms with Gasteiger partial charge in [-0.15, -0.1) is 0 Å². The summed E-state index contributed by atoms with van der Waals surface area (Å²) in [7, 11) is 0. The van der Waals surface area contributed by atoms with Gasteiger partial charge in [-0.25, -0.2) is 0 Å². The molecule has 31 heavy (non-hydrogen) atoms. The predicted octanol–water partition coefficient (Wildman–Crippen LogP) is 3.51. The summed E-state index contributed by atoms with van der Waals surface area (Å²) in [5.41, 5.74) is 5.57. The van der Waals surface area contributed by atoms with Gasteiger partial charge in [-0.3, -0.25) is 5.41 Å². The van der Waals surface area contributed by atoms with Gasteiger partial charge in [0.15, 0.2) is 12.3 Å². The lowest BCUT2D eigenvalue weighted by Gasteiger charge is -2.20. The van der Waals surface area contributed by atoms with Crippen LogP contribution in [0.1, 0.15) is 18.1 Å². The molecular weight excluding hydrogens is 430 g/mol. The molecule has 0 saturated heterocycles. The third-order valence-corrected chi connectivity index (χ3v) is 4.25. The molecule has 0 fully saturated rings. The molecule has 0 aliphatic heterocycles. The number of halogens is 6. The highest BCUT2D eigenvalue weighted by atomic mass is 19.4. The van der Waals surface area contributed by atoms with E-state index in [4.69, 9.17) is 15.7 Å². The Morgan fingerprint density at radius 2 is 1.74 bits per heavy atom. The number of hydrogen-bond acceptors (Lipinski definition) is 5. The molecule has 1 unspecified atom stereocenters. The summed E-state index contributed by atoms with van der Waals surface area (Å²) >= 11 is 0. The summed E-state index contributed by atoms with van der Waals surface area (Å²) in [5, 5.41) is 9.13. The quantitative estimate of drug-likeness (QED) is 0.356. The Balaban J connectivity index is 1.97. The second-order valence-electron chi connectivity index (χ2n) is 6.44. The summed E-state index contributed by atoms with van der Waals surface area (Å²) in [5.74, 6) is -1.20. The van der Waals surface area contributed by atoms with Crippen molar-refractivity contribution in [2.45, 2.75) is 25.4 Å². The number of ether oxygens (including phenoxy) is 1. The van der Waals surface area contributed by atoms with Crippen molar-refractivity contribution in [3.05, 3.63) is 47.5 Å². The number of nitrogens with two attached hydrogens (primary N) is 2. The number of anilines is 1. The molecule has 0 radical (unpaired) electrons. The zero-order valence-electron chi connectivity index (χ0n) is 15.8. The Labute approximate surface area is 171 Å². The molecule has 4 N–H and O–H groups in total. The van der Waals surface area contributed by atoms with E-state index in [-0.39, 0.29) is 17.3 Å². The van der Waals surface area contributed by atoms with E-state index in [1.165, 1.54) is 12.3 Å². The van der Waals surface area contributed by atoms with Crippen molar-refractivity contribution >= 4 is 11.9 Å². The third-order valence-electron chi connectivity index (χ3n) is 4.25. The Morgan fingerprint density at radius 3 is 2.32 bits per heavy atom. The van der Waals surface area contributed by atoms with Crippen LogP contribution in [0.15, 0.2) is 40.9 Å². The molecule has 164 valence electrons. The van der Waals surface area contributed by atoms with Crippen LogP contribution < -0.4 is 15.9 Å². The third kappa shape index (κ3) is 4.78. The highest BCUT2D eigenvalue weighted by Gasteiger charge is 2.41. The van der Waals surface area contributed by atoms with E-state index in [1.54, 1.807) is 12.1 Å². The first kappa shape index (κ1) is 22.1. The van der Waals surface area contributed by atoms with E-state index in [9.17, 15) is 26.3 Å². The lowest BCUT2D eigenvalue weighted by molar-refractivity contribution is -0.191. The van der Waals surface area contributed by atoms with Gasteiger partial charge in [0.1, 0.15) is 5.75 Å². The largest absolute Gasteiger partial charge is 0.481 e. The molecule has 0 aliphatic rings. The molecule has 2 aromatic carbocycles. The lowest BCUT2D eigenvalue weighted by Crippen LogP contribution is -2.31. The topological polar surface area (TPSA) is 99.8 Å². The highest BCUT2D eigenvalue weighted by molar-refractivity contribution is 5.85. The average molecular weight is 445 g/mol. The van der Waals surface area contributed by atoms with Gasteiger partial charge in [0.2, 0.25) is 5.82 Å². The number of rotatable bonds is 5. The zero-order chi connectivity index (χ0) is 23.0. The molecule has 0 aliphatic carbocycles. The number of aromatic nitrogens is 2. The Kier molecular flexibility index (Phi) is 5.66. The van der Waals surface area contributed by atoms with Crippen LogP contribution in [0.5, 0.6) is 5.75 Å². The Hall–Kier alpha value is -3.57. The van der Waals surface area contributed by atoms with Crippen molar-refractivity contribution < 1.29 is 41.0 Å². The smallest absolute Gasteiger partial charge is 0.425 e. The van der Waals surface area contributed by atoms with Crippen molar-refractivity contribution in [1.29, 1.82) is 0 Å². The predicted molar refractivity (Wildman–Crippen MR) is 97.8 cm³/mol. The maximum atomic E-state index is 13.4. The van der Waals surface area contributed by atoms with Crippen molar-refractivity contribution in [3.63, 3.8) is 0 Å². The minimum absolute atomic E-state index is 0.0462. The first-order valence-corrected chi connectivity index (χ1v) is 8.63. The second-order valence-corrected chi connectivity index (χ2v) is 6.44. The van der Waals surface area contributed by atoms with Gasteiger partial charge in [-0.1, -0.05) is 11.2 Å². The number of hydrogen-bond donors (Lipinski definition) is 2. The fourth-order valence-corrected chi connectivity index (χ4v) is 2.57. The summed E-state index contributed by atoms with van der Waals surface area (Å²) in [4.78, 5) is 4.04. The summed E-state index contributed by atoms with van der Waals surface area (Å²) < 4.78 is 87.9. The van der Waals surface area contributed by atoms with Crippen molar-refractivity contribution in [2.75, 3.05) is 5.73 Å². The van der Waals surface area contributed by atoms with Gasteiger partial charge in [0, 0.05) is 16.8 Å². The van der Waals surface area contributed by atoms with Crippen molar-refractivity contribution in [2.24, 2.45) is 0 Å². The molecule has 3 aromatic rings. The van der Waals surface area contributed by atoms with Crippen LogP contribution in [0, 0.1) is 0 Å². The molecule has 12 heteroatoms. The van der Waals surface area contributed by atoms with E-state index in [1.807, 2.05) is 0 Å². The molecule has 1 atom stereocenters. The van der Waals surface area contributed by atoms with Crippen molar-refractivity contribution in [3.8, 4) is 28.6 Å². The standard InChI is InChI=1S/C19H14F6N4O2/c1-9(18(20,21)22)30-15-5-4-11(6-13(15)19(23,24)25)17-28-16(29-31-17)10-2-3-12(8-26)14(27)7-10/h2-9,26H,27H2,1H3/p+1. The van der Waals surface area contributed by atoms with E-state index in [2.05, 4.69) is 14.9 Å². The van der Waals surface area contributed by atoms with Crippen LogP contribution in [0.3, 0.4) is 0 Å². The van der Waals surface area contributed by atoms with Crippen LogP contribution in [-0.4, -0.2) is 28.6 Å². The van der Waals surface area contributed by atoms with E-state index < -0.39 is 29.8 Å². The number of nitrogens with zero attached hydrogens (tertiary/aromatic N) is 2. The summed E-state index contributed by atoms with van der Waals surface area (Å²) in [6.45, 7) is 0.609. The number of alkyl halides is 6. The fraction of sp³-hybridized carbons (Fsp3) is 0.211. The van der Waals surface area contributed by atoms with Gasteiger partial charge >= 0.3 is 12.4 Å². The maximum absolute atomic E-state index is 13.4. The molecular formula is C19H15F6N4O2+. The van der Waals surface area contributed by atoms with Gasteiger partial charge in [-0.05, 0) is 37.3 Å². The van der Waals surface area contributed by atoms with Crippen LogP contribution in [0.2, 0.25) is 0 Å². The zero-order valence-corrected chi connectivity index (χ0v) is 15.8. The second kappa shape index (κ2) is 7.93. The Bertz CT molecular complexity index is 1110. The average Bonchev–Trinajstić information content (AvgIpc) is 3.16. The van der Waals surface area contributed by atoms with E-state index >= 15 is 0 Å². The monoisotopic (exact) mass is 445 g/mol. The van der Waals surface area contributed by atoms with Crippen LogP contribution in [0.4, 0.5) is 32.0 Å². The minimum Gasteiger partial charge on any atom is -0.481 e. The van der Waals surface area contributed by atoms with Gasteiger partial charge in [0.25, 0.3) is 5.89 Å². The van der Waals surface area contributed by atoms with Crippen LogP contribution in [0.25, 0.3) is 22.8 Å². The number of nitrogen functional groups attached to an aromatic ring is 1. The highest BCUT2D eigenvalue weighted by Crippen LogP contribution is 2.40. The van der Waals surface area contributed by atoms with Gasteiger partial charge in [0.05, 0.1) is 11.1 Å².